The van der Waals surface area contributed by atoms with Crippen molar-refractivity contribution in [2.45, 2.75) is 190 Å². The van der Waals surface area contributed by atoms with Crippen LogP contribution in [0.5, 0.6) is 5.75 Å². The van der Waals surface area contributed by atoms with Crippen molar-refractivity contribution in [2.24, 2.45) is 40.5 Å². The zero-order valence-electron chi connectivity index (χ0n) is 67.8. The number of phenolic OH excluding ortho intramolecular Hbond substituents is 1. The van der Waals surface area contributed by atoms with Crippen molar-refractivity contribution >= 4 is 137 Å². The van der Waals surface area contributed by atoms with Crippen LogP contribution in [0.4, 0.5) is 0 Å². The number of aliphatic hydroxyl groups is 2. The maximum absolute atomic E-state index is 14.3. The number of hydrogen-bond donors (Lipinski definition) is 30. The Bertz CT molecular complexity index is 3980. The number of primary amides is 2. The Morgan fingerprint density at radius 2 is 0.852 bits per heavy atom. The minimum atomic E-state index is -2.00. The Kier molecular flexibility index (Phi) is 47.6. The SMILES string of the molecule is CC[C@H](C)[C@H](NC(=O)[C@H](CCCNC(=N)N)NC(=O)[C@@H](N)CC(=O)O)C(=O)NCC(=O)N[C@@H](C)C(=O)N[C@@H](CCC(N)=O)C(=O)N[C@@H](CO)C(=O)NCC(=O)N[C@@H](CC(C)C)C(=O)NCC(=O)N[C@@H](CS)C(=O)N[C@@H](CC(N)=O)C(=O)N[C@@H](CO)C(=O)N[C@@H](Cc1ccccc1)C(=O)C(=O)[C@H](CCCNC(=N)N)NC(=O)[C@H](Cc1ccc(O)cc1)NO. The normalized spacial score (nSPS) is 14.4. The number of thiol groups is 1. The first-order valence-corrected chi connectivity index (χ1v) is 39.1. The number of Topliss-reactive ketones (excluding diaryl/α,β-unsaturated/α-hetero) is 2. The molecule has 14 atom stereocenters. The number of nitrogens with one attached hydrogen (secondary N) is 19. The first-order chi connectivity index (χ1) is 57.5. The van der Waals surface area contributed by atoms with E-state index in [2.05, 4.69) is 97.7 Å². The topological polar surface area (TPSA) is 808 Å². The quantitative estimate of drug-likeness (QED) is 0.00730. The molecule has 0 saturated heterocycles. The van der Waals surface area contributed by atoms with Crippen molar-refractivity contribution in [3.8, 4) is 5.75 Å². The number of benzene rings is 2. The van der Waals surface area contributed by atoms with Crippen LogP contribution in [0.1, 0.15) is 110 Å². The highest BCUT2D eigenvalue weighted by Crippen LogP contribution is 2.16. The largest absolute Gasteiger partial charge is 0.508 e. The fourth-order valence-electron chi connectivity index (χ4n) is 11.2. The van der Waals surface area contributed by atoms with Crippen LogP contribution in [-0.4, -0.2) is 280 Å². The van der Waals surface area contributed by atoms with Crippen LogP contribution < -0.4 is 119 Å². The summed E-state index contributed by atoms with van der Waals surface area (Å²) in [6.45, 7) is 2.86. The van der Waals surface area contributed by atoms with E-state index in [0.717, 1.165) is 6.92 Å². The van der Waals surface area contributed by atoms with Crippen LogP contribution in [-0.2, 0) is 104 Å². The van der Waals surface area contributed by atoms with E-state index in [4.69, 9.17) is 44.6 Å². The Balaban J connectivity index is 2.17. The van der Waals surface area contributed by atoms with E-state index in [9.17, 15) is 112 Å². The summed E-state index contributed by atoms with van der Waals surface area (Å²) in [4.78, 5) is 253. The Morgan fingerprint density at radius 3 is 1.36 bits per heavy atom. The number of phenols is 1. The zero-order valence-corrected chi connectivity index (χ0v) is 68.7. The minimum Gasteiger partial charge on any atom is -0.508 e. The molecule has 48 nitrogen and oxygen atoms in total. The van der Waals surface area contributed by atoms with E-state index in [-0.39, 0.29) is 69.2 Å². The van der Waals surface area contributed by atoms with Crippen molar-refractivity contribution in [1.29, 1.82) is 10.8 Å². The zero-order chi connectivity index (χ0) is 92.0. The van der Waals surface area contributed by atoms with Gasteiger partial charge in [-0.25, -0.2) is 0 Å². The van der Waals surface area contributed by atoms with Gasteiger partial charge in [0.1, 0.15) is 66.2 Å². The molecular weight excluding hydrogens is 1630 g/mol. The Hall–Kier alpha value is -12.7. The van der Waals surface area contributed by atoms with Gasteiger partial charge in [-0.3, -0.25) is 102 Å². The average molecular weight is 1740 g/mol. The number of guanidine groups is 2. The number of aliphatic carboxylic acids is 1. The smallest absolute Gasteiger partial charge is 0.305 e. The summed E-state index contributed by atoms with van der Waals surface area (Å²) in [5.41, 5.74) is 29.8. The molecule has 122 heavy (non-hydrogen) atoms. The standard InChI is InChI=1S/C73H114N24O24S/c1-6-36(4)58(96-66(115)43(15-11-23-82-73(79)80)91-62(111)41(74)27-57(106)107)71(120)85-29-54(103)86-37(5)61(110)90-44(20-21-52(75)101)65(114)94-49(32-98)64(113)84-30-55(104)87-46(24-35(2)3)63(112)83-31-56(105)88-51(34-122)70(119)93-47(28-53(76)102)67(116)95-50(33-99)69(118)92-45(25-38-12-8-7-9-13-38)60(109)59(108)42(14-10-22-81-72(77)78)89-68(117)48(97-121)26-39-16-18-40(100)19-17-39/h7-9,12-13,16-19,35-37,41-51,58,97-100,121-122H,6,10-11,14-15,20-34,74H2,1-5H3,(H2,75,101)(H2,76,102)(H,83,112)(H,84,113)(H,85,120)(H,86,103)(H,87,104)(H,88,105)(H,89,117)(H,90,110)(H,91,111)(H,92,118)(H,93,119)(H,94,114)(H,95,116)(H,96,115)(H,106,107)(H4,77,78,81)(H4,79,80,82)/t36-,37-,41-,42-,43-,44-,45-,46-,47-,48-,49-,50-,51-,58-/m0/s1. The van der Waals surface area contributed by atoms with Gasteiger partial charge >= 0.3 is 5.97 Å². The lowest BCUT2D eigenvalue weighted by molar-refractivity contribution is -0.142. The third-order valence-electron chi connectivity index (χ3n) is 18.0. The number of aliphatic hydroxyl groups excluding tert-OH is 2. The van der Waals surface area contributed by atoms with Gasteiger partial charge in [0.2, 0.25) is 106 Å². The molecule has 0 spiro atoms. The molecule has 49 heteroatoms. The van der Waals surface area contributed by atoms with Gasteiger partial charge in [0.25, 0.3) is 0 Å². The van der Waals surface area contributed by atoms with E-state index in [1.807, 2.05) is 5.48 Å². The number of carbonyl (C=O) groups excluding carboxylic acids is 18. The van der Waals surface area contributed by atoms with Gasteiger partial charge in [-0.2, -0.15) is 18.1 Å². The molecule has 0 fully saturated rings. The van der Waals surface area contributed by atoms with E-state index in [0.29, 0.717) is 17.5 Å². The molecule has 0 unspecified atom stereocenters. The van der Waals surface area contributed by atoms with Crippen molar-refractivity contribution in [3.63, 3.8) is 0 Å². The predicted octanol–water partition coefficient (Wildman–Crippen LogP) is -11.2. The number of hydrogen-bond acceptors (Lipinski definition) is 28. The number of carbonyl (C=O) groups is 19. The molecule has 0 saturated carbocycles. The molecule has 2 aromatic rings. The number of nitrogens with two attached hydrogens (primary N) is 5. The van der Waals surface area contributed by atoms with E-state index in [1.165, 1.54) is 36.4 Å². The second-order valence-corrected chi connectivity index (χ2v) is 28.8. The van der Waals surface area contributed by atoms with Crippen LogP contribution in [0.15, 0.2) is 54.6 Å². The van der Waals surface area contributed by atoms with E-state index in [1.54, 1.807) is 45.9 Å². The fraction of sp³-hybridized carbons (Fsp3) is 0.548. The number of rotatable bonds is 58. The molecule has 2 aromatic carbocycles. The van der Waals surface area contributed by atoms with Gasteiger partial charge in [-0.1, -0.05) is 76.6 Å². The molecule has 0 bridgehead atoms. The molecule has 0 aliphatic carbocycles. The third-order valence-corrected chi connectivity index (χ3v) is 18.3. The highest BCUT2D eigenvalue weighted by molar-refractivity contribution is 7.80. The van der Waals surface area contributed by atoms with Gasteiger partial charge in [0, 0.05) is 31.7 Å². The summed E-state index contributed by atoms with van der Waals surface area (Å²) in [5, 5.41) is 102. The highest BCUT2D eigenvalue weighted by atomic mass is 32.1. The molecule has 0 aliphatic heterocycles. The molecule has 34 N–H and O–H groups in total. The van der Waals surface area contributed by atoms with Crippen molar-refractivity contribution < 1.29 is 117 Å². The average Bonchev–Trinajstić information content (AvgIpc) is 0.835. The second-order valence-electron chi connectivity index (χ2n) is 28.5. The molecule has 2 rings (SSSR count). The van der Waals surface area contributed by atoms with E-state index < -0.39 is 273 Å². The Labute approximate surface area is 705 Å². The van der Waals surface area contributed by atoms with Gasteiger partial charge in [0.05, 0.1) is 63.8 Å². The first-order valence-electron chi connectivity index (χ1n) is 38.4. The van der Waals surface area contributed by atoms with Crippen molar-refractivity contribution in [2.75, 3.05) is 51.7 Å². The lowest BCUT2D eigenvalue weighted by atomic mass is 9.94. The molecular formula is C73H114N24O24S. The number of amides is 16. The number of ketones is 2. The molecule has 0 aromatic heterocycles. The molecule has 676 valence electrons. The summed E-state index contributed by atoms with van der Waals surface area (Å²) in [7, 11) is 0. The molecule has 0 heterocycles. The minimum absolute atomic E-state index is 0.0131. The number of carboxylic acids is 1. The van der Waals surface area contributed by atoms with Gasteiger partial charge < -0.3 is 139 Å². The summed E-state index contributed by atoms with van der Waals surface area (Å²) < 4.78 is 0. The number of aromatic hydroxyl groups is 1. The fourth-order valence-corrected chi connectivity index (χ4v) is 11.5. The molecule has 0 aliphatic rings. The predicted molar refractivity (Wildman–Crippen MR) is 434 cm³/mol. The third kappa shape index (κ3) is 40.3. The summed E-state index contributed by atoms with van der Waals surface area (Å²) >= 11 is 4.11. The van der Waals surface area contributed by atoms with E-state index >= 15 is 0 Å². The monoisotopic (exact) mass is 1740 g/mol. The van der Waals surface area contributed by atoms with Crippen LogP contribution in [0.25, 0.3) is 0 Å². The first kappa shape index (κ1) is 105. The van der Waals surface area contributed by atoms with Crippen molar-refractivity contribution in [3.05, 3.63) is 65.7 Å². The summed E-state index contributed by atoms with van der Waals surface area (Å²) in [6.07, 6.45) is -3.36. The maximum Gasteiger partial charge on any atom is 0.305 e. The lowest BCUT2D eigenvalue weighted by Crippen LogP contribution is -2.60. The van der Waals surface area contributed by atoms with Crippen LogP contribution >= 0.6 is 12.6 Å². The number of carboxylic acid groups (broad SMARTS) is 1. The van der Waals surface area contributed by atoms with Gasteiger partial charge in [-0.05, 0) is 87.0 Å². The second kappa shape index (κ2) is 55.2. The van der Waals surface area contributed by atoms with Crippen LogP contribution in [0.3, 0.4) is 0 Å². The maximum atomic E-state index is 14.3. The van der Waals surface area contributed by atoms with Gasteiger partial charge in [0.15, 0.2) is 11.9 Å². The summed E-state index contributed by atoms with van der Waals surface area (Å²) in [5.74, 6) is -23.5. The van der Waals surface area contributed by atoms with Crippen LogP contribution in [0, 0.1) is 22.7 Å². The van der Waals surface area contributed by atoms with Gasteiger partial charge in [-0.15, -0.1) is 0 Å². The molecule has 16 amide bonds. The number of hydroxylamine groups is 1. The summed E-state index contributed by atoms with van der Waals surface area (Å²) in [6, 6.07) is -7.75. The molecule has 0 radical (unpaired) electrons. The van der Waals surface area contributed by atoms with Crippen LogP contribution in [0.2, 0.25) is 0 Å². The lowest BCUT2D eigenvalue weighted by Gasteiger charge is -2.27. The highest BCUT2D eigenvalue weighted by Gasteiger charge is 2.39. The van der Waals surface area contributed by atoms with Crippen molar-refractivity contribution in [1.82, 2.24) is 90.5 Å². The Morgan fingerprint density at radius 1 is 0.434 bits per heavy atom.